The second kappa shape index (κ2) is 4.52. The molecule has 2 aromatic carbocycles. The molecule has 4 rings (SSSR count). The largest absolute Gasteiger partial charge is 0.396 e. The highest BCUT2D eigenvalue weighted by molar-refractivity contribution is 5.92. The Hall–Kier alpha value is -1.46. The maximum absolute atomic E-state index is 10.5. The average molecular weight is 286 g/mol. The van der Waals surface area contributed by atoms with Gasteiger partial charge in [0.25, 0.3) is 0 Å². The molecule has 2 aliphatic carbocycles. The molecule has 0 aliphatic heterocycles. The monoisotopic (exact) mass is 286 g/mol. The highest BCUT2D eigenvalue weighted by atomic mass is 16.3. The molecule has 4 nitrogen and oxygen atoms in total. The zero-order valence-corrected chi connectivity index (χ0v) is 11.5. The van der Waals surface area contributed by atoms with Gasteiger partial charge < -0.3 is 20.4 Å². The van der Waals surface area contributed by atoms with Gasteiger partial charge in [-0.2, -0.15) is 0 Å². The summed E-state index contributed by atoms with van der Waals surface area (Å²) in [4.78, 5) is 0. The minimum absolute atomic E-state index is 0.0247. The summed E-state index contributed by atoms with van der Waals surface area (Å²) in [5.74, 6) is -0.609. The molecule has 0 aromatic heterocycles. The van der Waals surface area contributed by atoms with Gasteiger partial charge in [-0.25, -0.2) is 0 Å². The Kier molecular flexibility index (Phi) is 2.84. The lowest BCUT2D eigenvalue weighted by atomic mass is 9.66. The standard InChI is InChI=1S/C17H18O4/c18-7-9-6-12(19)15-14-10(9)5-4-8-2-1-3-11(13(8)14)16(20)17(15)21/h1-5,9,12,15-21H,6-7H2. The van der Waals surface area contributed by atoms with Crippen LogP contribution in [-0.2, 0) is 0 Å². The van der Waals surface area contributed by atoms with Crippen molar-refractivity contribution in [2.24, 2.45) is 0 Å². The topological polar surface area (TPSA) is 80.9 Å². The molecule has 0 fully saturated rings. The van der Waals surface area contributed by atoms with Crippen LogP contribution in [0.1, 0.15) is 41.1 Å². The van der Waals surface area contributed by atoms with Crippen molar-refractivity contribution in [3.63, 3.8) is 0 Å². The third kappa shape index (κ3) is 1.64. The molecule has 0 saturated heterocycles. The van der Waals surface area contributed by atoms with Crippen LogP contribution >= 0.6 is 0 Å². The molecular weight excluding hydrogens is 268 g/mol. The zero-order chi connectivity index (χ0) is 14.7. The summed E-state index contributed by atoms with van der Waals surface area (Å²) in [5, 5.41) is 42.8. The van der Waals surface area contributed by atoms with Gasteiger partial charge in [0.05, 0.1) is 18.8 Å². The van der Waals surface area contributed by atoms with Crippen molar-refractivity contribution in [3.8, 4) is 0 Å². The molecule has 0 spiro atoms. The SMILES string of the molecule is OCC1CC(O)C2c3c1ccc1cccc(c31)C(O)C2O. The van der Waals surface area contributed by atoms with Crippen LogP contribution in [0.25, 0.3) is 10.8 Å². The van der Waals surface area contributed by atoms with E-state index < -0.39 is 24.2 Å². The minimum Gasteiger partial charge on any atom is -0.396 e. The zero-order valence-electron chi connectivity index (χ0n) is 11.5. The van der Waals surface area contributed by atoms with E-state index in [2.05, 4.69) is 0 Å². The Labute approximate surface area is 122 Å². The van der Waals surface area contributed by atoms with Crippen molar-refractivity contribution in [2.45, 2.75) is 36.6 Å². The fraction of sp³-hybridized carbons (Fsp3) is 0.412. The van der Waals surface area contributed by atoms with Crippen molar-refractivity contribution in [1.29, 1.82) is 0 Å². The smallest absolute Gasteiger partial charge is 0.106 e. The van der Waals surface area contributed by atoms with Crippen LogP contribution in [0, 0.1) is 0 Å². The Morgan fingerprint density at radius 1 is 1.00 bits per heavy atom. The van der Waals surface area contributed by atoms with Gasteiger partial charge in [0.1, 0.15) is 6.10 Å². The van der Waals surface area contributed by atoms with Gasteiger partial charge in [-0.05, 0) is 33.9 Å². The number of hydrogen-bond donors (Lipinski definition) is 4. The van der Waals surface area contributed by atoms with Crippen LogP contribution in [0.3, 0.4) is 0 Å². The van der Waals surface area contributed by atoms with Gasteiger partial charge in [-0.15, -0.1) is 0 Å². The fourth-order valence-corrected chi connectivity index (χ4v) is 4.12. The van der Waals surface area contributed by atoms with E-state index in [4.69, 9.17) is 0 Å². The van der Waals surface area contributed by atoms with E-state index in [9.17, 15) is 20.4 Å². The van der Waals surface area contributed by atoms with E-state index in [0.29, 0.717) is 12.0 Å². The molecule has 0 radical (unpaired) electrons. The molecule has 2 aliphatic rings. The number of rotatable bonds is 1. The van der Waals surface area contributed by atoms with Gasteiger partial charge in [-0.3, -0.25) is 0 Å². The average Bonchev–Trinajstić information content (AvgIpc) is 2.50. The van der Waals surface area contributed by atoms with Crippen LogP contribution in [0.5, 0.6) is 0 Å². The summed E-state index contributed by atoms with van der Waals surface area (Å²) < 4.78 is 0. The van der Waals surface area contributed by atoms with Crippen molar-refractivity contribution in [1.82, 2.24) is 0 Å². The van der Waals surface area contributed by atoms with Crippen LogP contribution in [0.2, 0.25) is 0 Å². The summed E-state index contributed by atoms with van der Waals surface area (Å²) >= 11 is 0. The molecule has 5 atom stereocenters. The van der Waals surface area contributed by atoms with Crippen molar-refractivity contribution in [3.05, 3.63) is 47.0 Å². The molecule has 0 bridgehead atoms. The first kappa shape index (κ1) is 13.2. The predicted octanol–water partition coefficient (Wildman–Crippen LogP) is 1.17. The lowest BCUT2D eigenvalue weighted by Gasteiger charge is -2.43. The lowest BCUT2D eigenvalue weighted by molar-refractivity contribution is -0.0421. The summed E-state index contributed by atoms with van der Waals surface area (Å²) in [6.07, 6.45) is -2.34. The predicted molar refractivity (Wildman–Crippen MR) is 78.1 cm³/mol. The number of aliphatic hydroxyl groups is 4. The first-order chi connectivity index (χ1) is 10.1. The second-order valence-corrected chi connectivity index (χ2v) is 6.16. The summed E-state index contributed by atoms with van der Waals surface area (Å²) in [6.45, 7) is -0.0247. The highest BCUT2D eigenvalue weighted by Crippen LogP contribution is 2.50. The fourth-order valence-electron chi connectivity index (χ4n) is 4.12. The third-order valence-electron chi connectivity index (χ3n) is 5.10. The van der Waals surface area contributed by atoms with Crippen molar-refractivity contribution >= 4 is 10.8 Å². The first-order valence-electron chi connectivity index (χ1n) is 7.34. The molecule has 110 valence electrons. The lowest BCUT2D eigenvalue weighted by Crippen LogP contribution is -2.41. The molecule has 4 heteroatoms. The Morgan fingerprint density at radius 2 is 1.81 bits per heavy atom. The van der Waals surface area contributed by atoms with Gasteiger partial charge in [0.2, 0.25) is 0 Å². The van der Waals surface area contributed by atoms with Crippen LogP contribution in [0.15, 0.2) is 30.3 Å². The Morgan fingerprint density at radius 3 is 2.57 bits per heavy atom. The van der Waals surface area contributed by atoms with E-state index in [0.717, 1.165) is 21.9 Å². The number of hydrogen-bond acceptors (Lipinski definition) is 4. The van der Waals surface area contributed by atoms with Gasteiger partial charge in [-0.1, -0.05) is 30.3 Å². The van der Waals surface area contributed by atoms with E-state index in [1.54, 1.807) is 0 Å². The Bertz CT molecular complexity index is 711. The van der Waals surface area contributed by atoms with Crippen molar-refractivity contribution < 1.29 is 20.4 Å². The second-order valence-electron chi connectivity index (χ2n) is 6.16. The maximum atomic E-state index is 10.5. The molecule has 21 heavy (non-hydrogen) atoms. The van der Waals surface area contributed by atoms with Gasteiger partial charge in [0, 0.05) is 11.8 Å². The number of aliphatic hydroxyl groups excluding tert-OH is 4. The summed E-state index contributed by atoms with van der Waals surface area (Å²) in [5.41, 5.74) is 2.59. The molecule has 0 saturated carbocycles. The van der Waals surface area contributed by atoms with E-state index in [-0.39, 0.29) is 12.5 Å². The summed E-state index contributed by atoms with van der Waals surface area (Å²) in [6, 6.07) is 9.62. The first-order valence-corrected chi connectivity index (χ1v) is 7.34. The normalized spacial score (nSPS) is 34.2. The maximum Gasteiger partial charge on any atom is 0.106 e. The molecule has 4 N–H and O–H groups in total. The molecule has 2 aromatic rings. The van der Waals surface area contributed by atoms with Gasteiger partial charge >= 0.3 is 0 Å². The molecule has 0 heterocycles. The molecular formula is C17H18O4. The van der Waals surface area contributed by atoms with Crippen LogP contribution in [-0.4, -0.2) is 39.2 Å². The van der Waals surface area contributed by atoms with E-state index in [1.165, 1.54) is 0 Å². The quantitative estimate of drug-likeness (QED) is 0.634. The molecule has 5 unspecified atom stereocenters. The third-order valence-corrected chi connectivity index (χ3v) is 5.10. The summed E-state index contributed by atoms with van der Waals surface area (Å²) in [7, 11) is 0. The minimum atomic E-state index is -1.01. The van der Waals surface area contributed by atoms with Gasteiger partial charge in [0.15, 0.2) is 0 Å². The Balaban J connectivity index is 2.11. The van der Waals surface area contributed by atoms with Crippen molar-refractivity contribution in [2.75, 3.05) is 6.61 Å². The van der Waals surface area contributed by atoms with E-state index in [1.807, 2.05) is 30.3 Å². The van der Waals surface area contributed by atoms with Crippen LogP contribution in [0.4, 0.5) is 0 Å². The molecule has 0 amide bonds. The van der Waals surface area contributed by atoms with Crippen LogP contribution < -0.4 is 0 Å². The highest BCUT2D eigenvalue weighted by Gasteiger charge is 2.45. The number of benzene rings is 2. The van der Waals surface area contributed by atoms with E-state index >= 15 is 0 Å².